The lowest BCUT2D eigenvalue weighted by Crippen LogP contribution is -2.54. The molecule has 0 amide bonds. The molecule has 34 heavy (non-hydrogen) atoms. The van der Waals surface area contributed by atoms with Gasteiger partial charge in [0, 0.05) is 36.8 Å². The van der Waals surface area contributed by atoms with Crippen molar-refractivity contribution in [3.63, 3.8) is 0 Å². The van der Waals surface area contributed by atoms with Crippen LogP contribution in [0, 0.1) is 18.3 Å². The fraction of sp³-hybridized carbons (Fsp3) is 0.214. The zero-order valence-corrected chi connectivity index (χ0v) is 19.7. The first-order valence-electron chi connectivity index (χ1n) is 11.2. The average molecular weight is 472 g/mol. The van der Waals surface area contributed by atoms with Crippen LogP contribution in [0.2, 0.25) is 5.02 Å². The fourth-order valence-electron chi connectivity index (χ4n) is 4.31. The normalized spacial score (nSPS) is 16.4. The molecule has 0 bridgehead atoms. The van der Waals surface area contributed by atoms with E-state index in [1.54, 1.807) is 0 Å². The molecule has 1 unspecified atom stereocenters. The van der Waals surface area contributed by atoms with Gasteiger partial charge in [0.05, 0.1) is 5.56 Å². The smallest absolute Gasteiger partial charge is 0.322 e. The second kappa shape index (κ2) is 10.7. The maximum Gasteiger partial charge on any atom is 0.322 e. The molecule has 1 atom stereocenters. The van der Waals surface area contributed by atoms with Crippen LogP contribution in [-0.4, -0.2) is 41.7 Å². The summed E-state index contributed by atoms with van der Waals surface area (Å²) >= 11 is 6.62. The lowest BCUT2D eigenvalue weighted by atomic mass is 9.95. The molecule has 0 spiro atoms. The van der Waals surface area contributed by atoms with Crippen LogP contribution in [0.3, 0.4) is 0 Å². The topological polar surface area (TPSA) is 76.4 Å². The number of rotatable bonds is 6. The van der Waals surface area contributed by atoms with Crippen molar-refractivity contribution < 1.29 is 9.90 Å². The lowest BCUT2D eigenvalue weighted by molar-refractivity contribution is -0.144. The van der Waals surface area contributed by atoms with E-state index in [0.29, 0.717) is 30.2 Å². The highest BCUT2D eigenvalue weighted by atomic mass is 35.5. The molecule has 1 aliphatic rings. The molecule has 0 aliphatic carbocycles. The summed E-state index contributed by atoms with van der Waals surface area (Å²) in [5.41, 5.74) is 6.25. The van der Waals surface area contributed by atoms with Crippen LogP contribution >= 0.6 is 11.6 Å². The molecule has 2 N–H and O–H groups in total. The SMILES string of the molecule is Cc1cc(/C=C/c2cccc(-c3ccccc3)c2C#N)c(Cl)cc1CN1CCNCC1C(=O)O. The van der Waals surface area contributed by atoms with E-state index in [1.807, 2.05) is 84.6 Å². The summed E-state index contributed by atoms with van der Waals surface area (Å²) in [5, 5.41) is 23.1. The van der Waals surface area contributed by atoms with Crippen molar-refractivity contribution in [1.29, 1.82) is 5.26 Å². The van der Waals surface area contributed by atoms with Gasteiger partial charge < -0.3 is 10.4 Å². The van der Waals surface area contributed by atoms with Gasteiger partial charge in [0.2, 0.25) is 0 Å². The summed E-state index contributed by atoms with van der Waals surface area (Å²) in [6.07, 6.45) is 3.84. The number of carboxylic acid groups (broad SMARTS) is 1. The number of carboxylic acids is 1. The highest BCUT2D eigenvalue weighted by Gasteiger charge is 2.28. The molecule has 3 aromatic rings. The van der Waals surface area contributed by atoms with Crippen LogP contribution in [-0.2, 0) is 11.3 Å². The van der Waals surface area contributed by atoms with E-state index in [1.165, 1.54) is 0 Å². The maximum absolute atomic E-state index is 11.6. The van der Waals surface area contributed by atoms with Crippen LogP contribution in [0.1, 0.15) is 27.8 Å². The Balaban J connectivity index is 1.60. The Labute approximate surface area is 204 Å². The second-order valence-electron chi connectivity index (χ2n) is 8.41. The van der Waals surface area contributed by atoms with Gasteiger partial charge in [-0.3, -0.25) is 9.69 Å². The first kappa shape index (κ1) is 23.7. The zero-order chi connectivity index (χ0) is 24.1. The number of nitrogens with one attached hydrogen (secondary N) is 1. The van der Waals surface area contributed by atoms with Crippen LogP contribution in [0.25, 0.3) is 23.3 Å². The Morgan fingerprint density at radius 1 is 1.18 bits per heavy atom. The van der Waals surface area contributed by atoms with Crippen LogP contribution in [0.5, 0.6) is 0 Å². The lowest BCUT2D eigenvalue weighted by Gasteiger charge is -2.33. The van der Waals surface area contributed by atoms with Gasteiger partial charge in [0.25, 0.3) is 0 Å². The molecule has 0 radical (unpaired) electrons. The summed E-state index contributed by atoms with van der Waals surface area (Å²) in [7, 11) is 0. The number of nitrogens with zero attached hydrogens (tertiary/aromatic N) is 2. The van der Waals surface area contributed by atoms with Gasteiger partial charge in [-0.2, -0.15) is 5.26 Å². The number of hydrogen-bond donors (Lipinski definition) is 2. The number of benzene rings is 3. The number of aliphatic carboxylic acids is 1. The molecule has 3 aromatic carbocycles. The highest BCUT2D eigenvalue weighted by Crippen LogP contribution is 2.29. The Kier molecular flexibility index (Phi) is 7.44. The van der Waals surface area contributed by atoms with E-state index in [9.17, 15) is 15.2 Å². The van der Waals surface area contributed by atoms with E-state index >= 15 is 0 Å². The minimum Gasteiger partial charge on any atom is -0.480 e. The number of halogens is 1. The Morgan fingerprint density at radius 3 is 2.68 bits per heavy atom. The molecular weight excluding hydrogens is 446 g/mol. The van der Waals surface area contributed by atoms with Gasteiger partial charge in [-0.15, -0.1) is 0 Å². The van der Waals surface area contributed by atoms with E-state index < -0.39 is 12.0 Å². The third-order valence-corrected chi connectivity index (χ3v) is 6.53. The minimum absolute atomic E-state index is 0.437. The summed E-state index contributed by atoms with van der Waals surface area (Å²) in [6, 6.07) is 21.4. The predicted octanol–water partition coefficient (Wildman–Crippen LogP) is 5.22. The first-order chi connectivity index (χ1) is 16.5. The van der Waals surface area contributed by atoms with Gasteiger partial charge in [0.15, 0.2) is 0 Å². The zero-order valence-electron chi connectivity index (χ0n) is 19.0. The molecule has 172 valence electrons. The van der Waals surface area contributed by atoms with Crippen molar-refractivity contribution in [3.8, 4) is 17.2 Å². The van der Waals surface area contributed by atoms with Crippen LogP contribution in [0.15, 0.2) is 60.7 Å². The first-order valence-corrected chi connectivity index (χ1v) is 11.6. The molecule has 6 heteroatoms. The third-order valence-electron chi connectivity index (χ3n) is 6.20. The number of piperazine rings is 1. The summed E-state index contributed by atoms with van der Waals surface area (Å²) in [5.74, 6) is -0.818. The summed E-state index contributed by atoms with van der Waals surface area (Å²) in [6.45, 7) is 4.42. The summed E-state index contributed by atoms with van der Waals surface area (Å²) in [4.78, 5) is 13.6. The van der Waals surface area contributed by atoms with Crippen molar-refractivity contribution in [2.75, 3.05) is 19.6 Å². The number of hydrogen-bond acceptors (Lipinski definition) is 4. The van der Waals surface area contributed by atoms with Gasteiger partial charge in [-0.05, 0) is 40.8 Å². The molecule has 1 aliphatic heterocycles. The van der Waals surface area contributed by atoms with Crippen LogP contribution in [0.4, 0.5) is 0 Å². The molecule has 4 rings (SSSR count). The van der Waals surface area contributed by atoms with Gasteiger partial charge in [0.1, 0.15) is 12.1 Å². The molecular formula is C28H26ClN3O2. The predicted molar refractivity (Wildman–Crippen MR) is 136 cm³/mol. The largest absolute Gasteiger partial charge is 0.480 e. The molecule has 1 saturated heterocycles. The number of carbonyl (C=O) groups is 1. The van der Waals surface area contributed by atoms with Crippen molar-refractivity contribution in [2.24, 2.45) is 0 Å². The monoisotopic (exact) mass is 471 g/mol. The third kappa shape index (κ3) is 5.21. The quantitative estimate of drug-likeness (QED) is 0.482. The Hall–Kier alpha value is -3.43. The molecule has 0 saturated carbocycles. The van der Waals surface area contributed by atoms with E-state index in [4.69, 9.17) is 11.6 Å². The molecule has 1 heterocycles. The van der Waals surface area contributed by atoms with E-state index in [-0.39, 0.29) is 0 Å². The Morgan fingerprint density at radius 2 is 1.94 bits per heavy atom. The molecule has 1 fully saturated rings. The van der Waals surface area contributed by atoms with Gasteiger partial charge in [-0.25, -0.2) is 0 Å². The van der Waals surface area contributed by atoms with Crippen molar-refractivity contribution >= 4 is 29.7 Å². The average Bonchev–Trinajstić information content (AvgIpc) is 2.85. The van der Waals surface area contributed by atoms with E-state index in [0.717, 1.165) is 39.9 Å². The van der Waals surface area contributed by atoms with Crippen molar-refractivity contribution in [2.45, 2.75) is 19.5 Å². The minimum atomic E-state index is -0.818. The van der Waals surface area contributed by atoms with Crippen LogP contribution < -0.4 is 5.32 Å². The van der Waals surface area contributed by atoms with Gasteiger partial charge >= 0.3 is 5.97 Å². The number of nitriles is 1. The van der Waals surface area contributed by atoms with E-state index in [2.05, 4.69) is 11.4 Å². The highest BCUT2D eigenvalue weighted by molar-refractivity contribution is 6.32. The standard InChI is InChI=1S/C28H26ClN3O2/c1-19-14-22(26(29)15-23(19)18-32-13-12-31-17-27(32)28(33)34)11-10-21-8-5-9-24(25(21)16-30)20-6-3-2-4-7-20/h2-11,14-15,27,31H,12-13,17-18H2,1H3,(H,33,34)/b11-10+. The second-order valence-corrected chi connectivity index (χ2v) is 8.82. The maximum atomic E-state index is 11.6. The summed E-state index contributed by atoms with van der Waals surface area (Å²) < 4.78 is 0. The number of aryl methyl sites for hydroxylation is 1. The van der Waals surface area contributed by atoms with Gasteiger partial charge in [-0.1, -0.05) is 78.4 Å². The molecule has 0 aromatic heterocycles. The Bertz CT molecular complexity index is 1260. The molecule has 5 nitrogen and oxygen atoms in total. The van der Waals surface area contributed by atoms with Crippen molar-refractivity contribution in [1.82, 2.24) is 10.2 Å². The van der Waals surface area contributed by atoms with Crippen molar-refractivity contribution in [3.05, 3.63) is 93.5 Å². The fourth-order valence-corrected chi connectivity index (χ4v) is 4.56.